The number of ether oxygens (including phenoxy) is 1. The van der Waals surface area contributed by atoms with Gasteiger partial charge in [0.15, 0.2) is 0 Å². The Balaban J connectivity index is 2.53. The Bertz CT molecular complexity index is 380. The van der Waals surface area contributed by atoms with Gasteiger partial charge in [0, 0.05) is 6.54 Å². The molecule has 0 radical (unpaired) electrons. The van der Waals surface area contributed by atoms with Gasteiger partial charge in [-0.3, -0.25) is 0 Å². The number of rotatable bonds is 8. The predicted molar refractivity (Wildman–Crippen MR) is 76.7 cm³/mol. The molecule has 1 aromatic carbocycles. The number of nitrogens with one attached hydrogen (secondary N) is 1. The van der Waals surface area contributed by atoms with E-state index in [1.165, 1.54) is 11.1 Å². The van der Waals surface area contributed by atoms with Crippen molar-refractivity contribution in [2.75, 3.05) is 26.8 Å². The molecule has 0 aliphatic carbocycles. The van der Waals surface area contributed by atoms with Crippen LogP contribution in [0.5, 0.6) is 5.75 Å². The summed E-state index contributed by atoms with van der Waals surface area (Å²) in [5, 5.41) is 21.0. The van der Waals surface area contributed by atoms with Crippen LogP contribution in [0.4, 0.5) is 0 Å². The number of hydrogen-bond donors (Lipinski definition) is 3. The molecule has 19 heavy (non-hydrogen) atoms. The number of methoxy groups -OCH3 is 1. The van der Waals surface area contributed by atoms with Crippen LogP contribution in [-0.4, -0.2) is 43.1 Å². The zero-order valence-electron chi connectivity index (χ0n) is 12.0. The van der Waals surface area contributed by atoms with Crippen LogP contribution in [0.15, 0.2) is 18.2 Å². The molecule has 1 rings (SSSR count). The molecule has 3 N–H and O–H groups in total. The predicted octanol–water partition coefficient (Wildman–Crippen LogP) is 1.30. The summed E-state index contributed by atoms with van der Waals surface area (Å²) < 4.78 is 5.36. The van der Waals surface area contributed by atoms with Gasteiger partial charge in [0.25, 0.3) is 0 Å². The molecule has 108 valence electrons. The van der Waals surface area contributed by atoms with Crippen molar-refractivity contribution in [1.29, 1.82) is 0 Å². The Hall–Kier alpha value is -1.10. The zero-order valence-corrected chi connectivity index (χ0v) is 12.0. The van der Waals surface area contributed by atoms with E-state index < -0.39 is 6.10 Å². The standard InChI is InChI=1S/C15H25NO3/c1-11(2)14-8-12(4-5-15(14)19-3)6-7-16-9-13(18)10-17/h4-5,8,11,13,16-18H,6-7,9-10H2,1-3H3. The monoisotopic (exact) mass is 267 g/mol. The average Bonchev–Trinajstić information content (AvgIpc) is 2.42. The largest absolute Gasteiger partial charge is 0.496 e. The van der Waals surface area contributed by atoms with E-state index in [2.05, 4.69) is 31.3 Å². The Morgan fingerprint density at radius 2 is 2.05 bits per heavy atom. The van der Waals surface area contributed by atoms with E-state index in [0.29, 0.717) is 12.5 Å². The summed E-state index contributed by atoms with van der Waals surface area (Å²) in [6, 6.07) is 6.25. The van der Waals surface area contributed by atoms with Crippen LogP contribution in [0.2, 0.25) is 0 Å². The Morgan fingerprint density at radius 1 is 1.32 bits per heavy atom. The third-order valence-corrected chi connectivity index (χ3v) is 3.10. The second-order valence-corrected chi connectivity index (χ2v) is 5.02. The second kappa shape index (κ2) is 8.15. The topological polar surface area (TPSA) is 61.7 Å². The maximum atomic E-state index is 9.21. The fourth-order valence-corrected chi connectivity index (χ4v) is 1.96. The fourth-order valence-electron chi connectivity index (χ4n) is 1.96. The number of aliphatic hydroxyl groups is 2. The summed E-state index contributed by atoms with van der Waals surface area (Å²) in [6.45, 7) is 5.30. The van der Waals surface area contributed by atoms with Crippen molar-refractivity contribution in [3.63, 3.8) is 0 Å². The Morgan fingerprint density at radius 3 is 2.63 bits per heavy atom. The van der Waals surface area contributed by atoms with Crippen molar-refractivity contribution in [3.05, 3.63) is 29.3 Å². The highest BCUT2D eigenvalue weighted by Gasteiger charge is 2.08. The highest BCUT2D eigenvalue weighted by atomic mass is 16.5. The molecule has 0 saturated heterocycles. The first-order chi connectivity index (χ1) is 9.08. The van der Waals surface area contributed by atoms with Gasteiger partial charge >= 0.3 is 0 Å². The maximum absolute atomic E-state index is 9.21. The Labute approximate surface area is 115 Å². The van der Waals surface area contributed by atoms with Gasteiger partial charge in [-0.05, 0) is 36.1 Å². The lowest BCUT2D eigenvalue weighted by atomic mass is 9.98. The van der Waals surface area contributed by atoms with E-state index in [9.17, 15) is 5.11 Å². The quantitative estimate of drug-likeness (QED) is 0.621. The number of hydrogen-bond acceptors (Lipinski definition) is 4. The molecular weight excluding hydrogens is 242 g/mol. The molecule has 0 bridgehead atoms. The molecule has 1 atom stereocenters. The maximum Gasteiger partial charge on any atom is 0.122 e. The average molecular weight is 267 g/mol. The minimum absolute atomic E-state index is 0.201. The lowest BCUT2D eigenvalue weighted by Crippen LogP contribution is -2.30. The molecule has 0 fully saturated rings. The first-order valence-electron chi connectivity index (χ1n) is 6.75. The van der Waals surface area contributed by atoms with Gasteiger partial charge in [-0.2, -0.15) is 0 Å². The molecule has 0 saturated carbocycles. The van der Waals surface area contributed by atoms with Crippen LogP contribution in [0.3, 0.4) is 0 Å². The van der Waals surface area contributed by atoms with Crippen LogP contribution >= 0.6 is 0 Å². The van der Waals surface area contributed by atoms with Crippen LogP contribution in [0.25, 0.3) is 0 Å². The molecule has 0 spiro atoms. The molecular formula is C15H25NO3. The fraction of sp³-hybridized carbons (Fsp3) is 0.600. The molecule has 4 heteroatoms. The van der Waals surface area contributed by atoms with Crippen LogP contribution in [0, 0.1) is 0 Å². The van der Waals surface area contributed by atoms with Crippen molar-refractivity contribution in [1.82, 2.24) is 5.32 Å². The van der Waals surface area contributed by atoms with Gasteiger partial charge in [0.05, 0.1) is 19.8 Å². The molecule has 1 unspecified atom stereocenters. The third kappa shape index (κ3) is 5.19. The third-order valence-electron chi connectivity index (χ3n) is 3.10. The summed E-state index contributed by atoms with van der Waals surface area (Å²) in [5.74, 6) is 1.36. The van der Waals surface area contributed by atoms with Crippen molar-refractivity contribution in [3.8, 4) is 5.75 Å². The lowest BCUT2D eigenvalue weighted by Gasteiger charge is -2.14. The summed E-state index contributed by atoms with van der Waals surface area (Å²) >= 11 is 0. The first-order valence-corrected chi connectivity index (χ1v) is 6.75. The first kappa shape index (κ1) is 16.0. The van der Waals surface area contributed by atoms with Gasteiger partial charge in [0.2, 0.25) is 0 Å². The molecule has 1 aromatic rings. The van der Waals surface area contributed by atoms with Crippen LogP contribution in [0.1, 0.15) is 30.9 Å². The van der Waals surface area contributed by atoms with Crippen LogP contribution < -0.4 is 10.1 Å². The van der Waals surface area contributed by atoms with Crippen molar-refractivity contribution < 1.29 is 14.9 Å². The van der Waals surface area contributed by atoms with Crippen molar-refractivity contribution in [2.24, 2.45) is 0 Å². The zero-order chi connectivity index (χ0) is 14.3. The van der Waals surface area contributed by atoms with E-state index >= 15 is 0 Å². The molecule has 0 aromatic heterocycles. The van der Waals surface area contributed by atoms with Gasteiger partial charge < -0.3 is 20.3 Å². The van der Waals surface area contributed by atoms with E-state index in [4.69, 9.17) is 9.84 Å². The van der Waals surface area contributed by atoms with Gasteiger partial charge in [-0.15, -0.1) is 0 Å². The van der Waals surface area contributed by atoms with Crippen molar-refractivity contribution >= 4 is 0 Å². The van der Waals surface area contributed by atoms with E-state index in [1.54, 1.807) is 7.11 Å². The Kier molecular flexibility index (Phi) is 6.84. The summed E-state index contributed by atoms with van der Waals surface area (Å²) in [6.07, 6.45) is 0.212. The molecule has 0 aliphatic heterocycles. The molecule has 0 heterocycles. The summed E-state index contributed by atoms with van der Waals surface area (Å²) in [4.78, 5) is 0. The highest BCUT2D eigenvalue weighted by Crippen LogP contribution is 2.27. The molecule has 0 amide bonds. The summed E-state index contributed by atoms with van der Waals surface area (Å²) in [7, 11) is 1.69. The number of aliphatic hydroxyl groups excluding tert-OH is 2. The van der Waals surface area contributed by atoms with Crippen LogP contribution in [-0.2, 0) is 6.42 Å². The smallest absolute Gasteiger partial charge is 0.122 e. The van der Waals surface area contributed by atoms with Crippen molar-refractivity contribution in [2.45, 2.75) is 32.3 Å². The molecule has 0 aliphatic rings. The number of benzene rings is 1. The SMILES string of the molecule is COc1ccc(CCNCC(O)CO)cc1C(C)C. The lowest BCUT2D eigenvalue weighted by molar-refractivity contribution is 0.0947. The van der Waals surface area contributed by atoms with Gasteiger partial charge in [0.1, 0.15) is 5.75 Å². The van der Waals surface area contributed by atoms with Gasteiger partial charge in [-0.1, -0.05) is 26.0 Å². The van der Waals surface area contributed by atoms with E-state index in [0.717, 1.165) is 18.7 Å². The minimum Gasteiger partial charge on any atom is -0.496 e. The summed E-state index contributed by atoms with van der Waals surface area (Å²) in [5.41, 5.74) is 2.46. The van der Waals surface area contributed by atoms with E-state index in [1.807, 2.05) is 6.07 Å². The normalized spacial score (nSPS) is 12.7. The molecule has 4 nitrogen and oxygen atoms in total. The van der Waals surface area contributed by atoms with E-state index in [-0.39, 0.29) is 6.61 Å². The van der Waals surface area contributed by atoms with Gasteiger partial charge in [-0.25, -0.2) is 0 Å². The highest BCUT2D eigenvalue weighted by molar-refractivity contribution is 5.39. The minimum atomic E-state index is -0.679. The second-order valence-electron chi connectivity index (χ2n) is 5.02.